The van der Waals surface area contributed by atoms with Gasteiger partial charge in [0.15, 0.2) is 0 Å². The van der Waals surface area contributed by atoms with Crippen LogP contribution in [0, 0.1) is 0 Å². The van der Waals surface area contributed by atoms with E-state index < -0.39 is 0 Å². The number of rotatable bonds is 4. The highest BCUT2D eigenvalue weighted by molar-refractivity contribution is 5.81. The van der Waals surface area contributed by atoms with Crippen LogP contribution in [0.3, 0.4) is 0 Å². The molecule has 0 aliphatic carbocycles. The summed E-state index contributed by atoms with van der Waals surface area (Å²) in [5, 5.41) is 2.93. The van der Waals surface area contributed by atoms with Crippen molar-refractivity contribution in [2.75, 3.05) is 20.1 Å². The minimum atomic E-state index is -0.348. The average molecular weight is 213 g/mol. The SMILES string of the molecule is CC[C@H](N)C(=O)NCC1CCCCN1C. The number of carbonyl (C=O) groups excluding carboxylic acids is 1. The smallest absolute Gasteiger partial charge is 0.236 e. The Morgan fingerprint density at radius 3 is 2.93 bits per heavy atom. The monoisotopic (exact) mass is 213 g/mol. The molecule has 1 fully saturated rings. The molecular formula is C11H23N3O. The van der Waals surface area contributed by atoms with Crippen LogP contribution in [0.15, 0.2) is 0 Å². The molecule has 1 saturated heterocycles. The van der Waals surface area contributed by atoms with Gasteiger partial charge in [-0.2, -0.15) is 0 Å². The maximum Gasteiger partial charge on any atom is 0.236 e. The van der Waals surface area contributed by atoms with E-state index in [1.165, 1.54) is 19.3 Å². The van der Waals surface area contributed by atoms with E-state index in [0.717, 1.165) is 13.1 Å². The molecule has 1 heterocycles. The topological polar surface area (TPSA) is 58.4 Å². The Bertz CT molecular complexity index is 208. The molecule has 1 aliphatic rings. The molecule has 0 aromatic rings. The summed E-state index contributed by atoms with van der Waals surface area (Å²) in [6, 6.07) is 0.144. The molecule has 4 heteroatoms. The number of piperidine rings is 1. The van der Waals surface area contributed by atoms with E-state index >= 15 is 0 Å². The Balaban J connectivity index is 2.26. The number of nitrogens with one attached hydrogen (secondary N) is 1. The number of nitrogens with two attached hydrogens (primary N) is 1. The number of amides is 1. The molecule has 3 N–H and O–H groups in total. The highest BCUT2D eigenvalue weighted by Gasteiger charge is 2.20. The molecule has 2 atom stereocenters. The lowest BCUT2D eigenvalue weighted by Gasteiger charge is -2.32. The van der Waals surface area contributed by atoms with E-state index in [-0.39, 0.29) is 11.9 Å². The van der Waals surface area contributed by atoms with Gasteiger partial charge in [-0.15, -0.1) is 0 Å². The van der Waals surface area contributed by atoms with Crippen LogP contribution >= 0.6 is 0 Å². The van der Waals surface area contributed by atoms with Crippen molar-refractivity contribution in [2.24, 2.45) is 5.73 Å². The van der Waals surface area contributed by atoms with Crippen LogP contribution in [0.4, 0.5) is 0 Å². The van der Waals surface area contributed by atoms with Crippen LogP contribution in [-0.4, -0.2) is 43.0 Å². The summed E-state index contributed by atoms with van der Waals surface area (Å²) in [5.41, 5.74) is 5.64. The first kappa shape index (κ1) is 12.5. The van der Waals surface area contributed by atoms with Gasteiger partial charge in [-0.1, -0.05) is 13.3 Å². The van der Waals surface area contributed by atoms with Gasteiger partial charge in [0, 0.05) is 12.6 Å². The minimum absolute atomic E-state index is 0.0172. The summed E-state index contributed by atoms with van der Waals surface area (Å²) in [5.74, 6) is -0.0172. The van der Waals surface area contributed by atoms with E-state index in [2.05, 4.69) is 17.3 Å². The Hall–Kier alpha value is -0.610. The fraction of sp³-hybridized carbons (Fsp3) is 0.909. The van der Waals surface area contributed by atoms with Crippen molar-refractivity contribution in [3.8, 4) is 0 Å². The van der Waals surface area contributed by atoms with Crippen molar-refractivity contribution < 1.29 is 4.79 Å². The molecule has 4 nitrogen and oxygen atoms in total. The molecule has 0 spiro atoms. The van der Waals surface area contributed by atoms with Crippen molar-refractivity contribution in [1.82, 2.24) is 10.2 Å². The third-order valence-electron chi connectivity index (χ3n) is 3.21. The summed E-state index contributed by atoms with van der Waals surface area (Å²) in [6.07, 6.45) is 4.42. The number of likely N-dealkylation sites (tertiary alicyclic amines) is 1. The van der Waals surface area contributed by atoms with Gasteiger partial charge in [-0.05, 0) is 32.9 Å². The van der Waals surface area contributed by atoms with E-state index in [9.17, 15) is 4.79 Å². The summed E-state index contributed by atoms with van der Waals surface area (Å²) in [4.78, 5) is 13.8. The van der Waals surface area contributed by atoms with Crippen LogP contribution in [0.2, 0.25) is 0 Å². The first-order valence-electron chi connectivity index (χ1n) is 5.88. The van der Waals surface area contributed by atoms with Gasteiger partial charge in [-0.25, -0.2) is 0 Å². The van der Waals surface area contributed by atoms with Crippen LogP contribution < -0.4 is 11.1 Å². The molecule has 1 unspecified atom stereocenters. The van der Waals surface area contributed by atoms with Crippen molar-refractivity contribution in [2.45, 2.75) is 44.7 Å². The lowest BCUT2D eigenvalue weighted by Crippen LogP contribution is -2.48. The number of likely N-dealkylation sites (N-methyl/N-ethyl adjacent to an activating group) is 1. The molecule has 0 aromatic heterocycles. The van der Waals surface area contributed by atoms with Crippen LogP contribution in [0.1, 0.15) is 32.6 Å². The predicted molar refractivity (Wildman–Crippen MR) is 61.5 cm³/mol. The minimum Gasteiger partial charge on any atom is -0.353 e. The van der Waals surface area contributed by atoms with Crippen molar-refractivity contribution in [1.29, 1.82) is 0 Å². The first-order valence-corrected chi connectivity index (χ1v) is 5.88. The van der Waals surface area contributed by atoms with Gasteiger partial charge in [0.25, 0.3) is 0 Å². The molecule has 1 rings (SSSR count). The molecule has 0 bridgehead atoms. The Morgan fingerprint density at radius 2 is 2.33 bits per heavy atom. The maximum absolute atomic E-state index is 11.5. The first-order chi connectivity index (χ1) is 7.15. The third kappa shape index (κ3) is 3.80. The molecule has 15 heavy (non-hydrogen) atoms. The molecular weight excluding hydrogens is 190 g/mol. The zero-order valence-electron chi connectivity index (χ0n) is 9.83. The lowest BCUT2D eigenvalue weighted by molar-refractivity contribution is -0.122. The van der Waals surface area contributed by atoms with E-state index in [1.807, 2.05) is 6.92 Å². The lowest BCUT2D eigenvalue weighted by atomic mass is 10.0. The molecule has 0 radical (unpaired) electrons. The van der Waals surface area contributed by atoms with Crippen molar-refractivity contribution in [3.63, 3.8) is 0 Å². The van der Waals surface area contributed by atoms with Crippen LogP contribution in [0.5, 0.6) is 0 Å². The van der Waals surface area contributed by atoms with Crippen LogP contribution in [0.25, 0.3) is 0 Å². The van der Waals surface area contributed by atoms with Gasteiger partial charge in [0.05, 0.1) is 6.04 Å². The third-order valence-corrected chi connectivity index (χ3v) is 3.21. The molecule has 1 amide bonds. The zero-order chi connectivity index (χ0) is 11.3. The number of nitrogens with zero attached hydrogens (tertiary/aromatic N) is 1. The average Bonchev–Trinajstić information content (AvgIpc) is 2.26. The normalized spacial score (nSPS) is 24.9. The van der Waals surface area contributed by atoms with E-state index in [4.69, 9.17) is 5.73 Å². The second-order valence-corrected chi connectivity index (χ2v) is 4.39. The van der Waals surface area contributed by atoms with Gasteiger partial charge in [0.1, 0.15) is 0 Å². The molecule has 1 aliphatic heterocycles. The summed E-state index contributed by atoms with van der Waals surface area (Å²) < 4.78 is 0. The predicted octanol–water partition coefficient (Wildman–Crippen LogP) is 0.324. The quantitative estimate of drug-likeness (QED) is 0.707. The van der Waals surface area contributed by atoms with Gasteiger partial charge in [0.2, 0.25) is 5.91 Å². The molecule has 88 valence electrons. The second kappa shape index (κ2) is 6.08. The fourth-order valence-electron chi connectivity index (χ4n) is 1.94. The highest BCUT2D eigenvalue weighted by Crippen LogP contribution is 2.13. The van der Waals surface area contributed by atoms with E-state index in [0.29, 0.717) is 12.5 Å². The van der Waals surface area contributed by atoms with Crippen molar-refractivity contribution >= 4 is 5.91 Å². The van der Waals surface area contributed by atoms with E-state index in [1.54, 1.807) is 0 Å². The van der Waals surface area contributed by atoms with Crippen molar-refractivity contribution in [3.05, 3.63) is 0 Å². The molecule has 0 saturated carbocycles. The van der Waals surface area contributed by atoms with Gasteiger partial charge < -0.3 is 16.0 Å². The summed E-state index contributed by atoms with van der Waals surface area (Å²) >= 11 is 0. The zero-order valence-corrected chi connectivity index (χ0v) is 9.83. The summed E-state index contributed by atoms with van der Waals surface area (Å²) in [6.45, 7) is 3.81. The van der Waals surface area contributed by atoms with Crippen LogP contribution in [-0.2, 0) is 4.79 Å². The number of carbonyl (C=O) groups is 1. The molecule has 0 aromatic carbocycles. The number of hydrogen-bond donors (Lipinski definition) is 2. The standard InChI is InChI=1S/C11H23N3O/c1-3-10(12)11(15)13-8-9-6-4-5-7-14(9)2/h9-10H,3-8,12H2,1-2H3,(H,13,15)/t9?,10-/m0/s1. The Labute approximate surface area is 92.2 Å². The summed E-state index contributed by atoms with van der Waals surface area (Å²) in [7, 11) is 2.12. The fourth-order valence-corrected chi connectivity index (χ4v) is 1.94. The number of hydrogen-bond acceptors (Lipinski definition) is 3. The Kier molecular flexibility index (Phi) is 5.05. The highest BCUT2D eigenvalue weighted by atomic mass is 16.2. The Morgan fingerprint density at radius 1 is 1.60 bits per heavy atom. The van der Waals surface area contributed by atoms with Gasteiger partial charge in [-0.3, -0.25) is 4.79 Å². The largest absolute Gasteiger partial charge is 0.353 e. The van der Waals surface area contributed by atoms with Gasteiger partial charge >= 0.3 is 0 Å². The second-order valence-electron chi connectivity index (χ2n) is 4.39. The maximum atomic E-state index is 11.5.